The Hall–Kier alpha value is -3.21. The molecule has 6 nitrogen and oxygen atoms in total. The summed E-state index contributed by atoms with van der Waals surface area (Å²) in [5.74, 6) is -1.08. The first-order valence-corrected chi connectivity index (χ1v) is 11.4. The highest BCUT2D eigenvalue weighted by Gasteiger charge is 2.36. The molecule has 0 saturated carbocycles. The zero-order valence-corrected chi connectivity index (χ0v) is 20.2. The second kappa shape index (κ2) is 10.0. The maximum atomic E-state index is 14.7. The summed E-state index contributed by atoms with van der Waals surface area (Å²) in [6, 6.07) is 3.15. The van der Waals surface area contributed by atoms with E-state index in [1.54, 1.807) is 19.1 Å². The van der Waals surface area contributed by atoms with Gasteiger partial charge in [0, 0.05) is 29.5 Å². The van der Waals surface area contributed by atoms with Gasteiger partial charge in [-0.1, -0.05) is 0 Å². The number of fused-ring (bicyclic) bond motifs is 1. The number of nitrogens with one attached hydrogen (secondary N) is 1. The fraction of sp³-hybridized carbons (Fsp3) is 0.440. The van der Waals surface area contributed by atoms with Crippen molar-refractivity contribution in [2.45, 2.75) is 45.5 Å². The predicted molar refractivity (Wildman–Crippen MR) is 123 cm³/mol. The molecule has 0 bridgehead atoms. The standard InChI is InChI=1S/C25H26F5N3O3/c1-12(17-7-16(26)8-19(23(17)27)25(28,29)30)31-24-18-9-22(36-13(2)15-5-6-35-11-15)21(34-4)10-20(18)32-14(3)33-24/h7-10,12-13,15H,5-6,11H2,1-4H3,(H,31,32,33)/t12-,13?,15-/m1/s1. The zero-order valence-electron chi connectivity index (χ0n) is 20.2. The third-order valence-electron chi connectivity index (χ3n) is 6.23. The number of benzene rings is 2. The summed E-state index contributed by atoms with van der Waals surface area (Å²) < 4.78 is 85.5. The lowest BCUT2D eigenvalue weighted by Crippen LogP contribution is -2.24. The van der Waals surface area contributed by atoms with Crippen LogP contribution < -0.4 is 14.8 Å². The molecule has 1 fully saturated rings. The molecule has 4 rings (SSSR count). The number of hydrogen-bond donors (Lipinski definition) is 1. The Labute approximate surface area is 204 Å². The van der Waals surface area contributed by atoms with E-state index in [-0.39, 0.29) is 23.9 Å². The van der Waals surface area contributed by atoms with Crippen LogP contribution in [-0.4, -0.2) is 36.4 Å². The van der Waals surface area contributed by atoms with Crippen LogP contribution in [0.15, 0.2) is 24.3 Å². The molecule has 194 valence electrons. The molecule has 3 aromatic rings. The van der Waals surface area contributed by atoms with Crippen molar-refractivity contribution in [2.24, 2.45) is 5.92 Å². The van der Waals surface area contributed by atoms with Crippen molar-refractivity contribution in [1.82, 2.24) is 9.97 Å². The molecule has 0 aliphatic carbocycles. The second-order valence-corrected chi connectivity index (χ2v) is 8.81. The van der Waals surface area contributed by atoms with Crippen LogP contribution in [0.25, 0.3) is 10.9 Å². The number of halogens is 5. The summed E-state index contributed by atoms with van der Waals surface area (Å²) in [6.07, 6.45) is -4.35. The van der Waals surface area contributed by atoms with Gasteiger partial charge in [0.2, 0.25) is 0 Å². The largest absolute Gasteiger partial charge is 0.493 e. The zero-order chi connectivity index (χ0) is 26.2. The van der Waals surface area contributed by atoms with Gasteiger partial charge in [-0.05, 0) is 45.4 Å². The first-order valence-electron chi connectivity index (χ1n) is 11.4. The third kappa shape index (κ3) is 5.30. The van der Waals surface area contributed by atoms with E-state index in [9.17, 15) is 22.0 Å². The van der Waals surface area contributed by atoms with Crippen LogP contribution in [0.4, 0.5) is 27.8 Å². The second-order valence-electron chi connectivity index (χ2n) is 8.81. The van der Waals surface area contributed by atoms with Crippen LogP contribution in [0, 0.1) is 24.5 Å². The summed E-state index contributed by atoms with van der Waals surface area (Å²) in [7, 11) is 1.50. The Kier molecular flexibility index (Phi) is 7.21. The van der Waals surface area contributed by atoms with Crippen LogP contribution in [0.1, 0.15) is 43.3 Å². The van der Waals surface area contributed by atoms with E-state index in [2.05, 4.69) is 15.3 Å². The van der Waals surface area contributed by atoms with Gasteiger partial charge in [0.25, 0.3) is 0 Å². The van der Waals surface area contributed by atoms with Gasteiger partial charge >= 0.3 is 6.18 Å². The van der Waals surface area contributed by atoms with Crippen molar-refractivity contribution in [3.63, 3.8) is 0 Å². The van der Waals surface area contributed by atoms with E-state index >= 15 is 0 Å². The van der Waals surface area contributed by atoms with Gasteiger partial charge in [0.15, 0.2) is 11.5 Å². The third-order valence-corrected chi connectivity index (χ3v) is 6.23. The van der Waals surface area contributed by atoms with Crippen molar-refractivity contribution in [1.29, 1.82) is 0 Å². The Morgan fingerprint density at radius 1 is 1.08 bits per heavy atom. The van der Waals surface area contributed by atoms with Gasteiger partial charge in [-0.3, -0.25) is 0 Å². The molecule has 1 N–H and O–H groups in total. The lowest BCUT2D eigenvalue weighted by molar-refractivity contribution is -0.140. The van der Waals surface area contributed by atoms with Crippen molar-refractivity contribution in [2.75, 3.05) is 25.6 Å². The van der Waals surface area contributed by atoms with E-state index in [4.69, 9.17) is 14.2 Å². The molecular weight excluding hydrogens is 485 g/mol. The fourth-order valence-corrected chi connectivity index (χ4v) is 4.25. The normalized spacial score (nSPS) is 17.8. The molecular formula is C25H26F5N3O3. The number of ether oxygens (including phenoxy) is 3. The van der Waals surface area contributed by atoms with Crippen molar-refractivity contribution >= 4 is 16.7 Å². The van der Waals surface area contributed by atoms with E-state index < -0.39 is 35.0 Å². The van der Waals surface area contributed by atoms with Gasteiger partial charge in [-0.2, -0.15) is 13.2 Å². The average molecular weight is 511 g/mol. The minimum atomic E-state index is -5.04. The highest BCUT2D eigenvalue weighted by Crippen LogP contribution is 2.38. The Bertz CT molecular complexity index is 1260. The van der Waals surface area contributed by atoms with Crippen molar-refractivity contribution < 1.29 is 36.2 Å². The lowest BCUT2D eigenvalue weighted by atomic mass is 10.0. The van der Waals surface area contributed by atoms with Crippen LogP contribution in [-0.2, 0) is 10.9 Å². The van der Waals surface area contributed by atoms with E-state index in [0.29, 0.717) is 41.4 Å². The predicted octanol–water partition coefficient (Wildman–Crippen LogP) is 6.22. The molecule has 1 unspecified atom stereocenters. The van der Waals surface area contributed by atoms with Crippen molar-refractivity contribution in [3.05, 3.63) is 52.9 Å². The van der Waals surface area contributed by atoms with Gasteiger partial charge in [0.05, 0.1) is 30.8 Å². The van der Waals surface area contributed by atoms with Crippen molar-refractivity contribution in [3.8, 4) is 11.5 Å². The summed E-state index contributed by atoms with van der Waals surface area (Å²) >= 11 is 0. The molecule has 11 heteroatoms. The number of alkyl halides is 3. The highest BCUT2D eigenvalue weighted by molar-refractivity contribution is 5.92. The number of rotatable bonds is 7. The van der Waals surface area contributed by atoms with E-state index in [1.165, 1.54) is 14.0 Å². The molecule has 0 amide bonds. The summed E-state index contributed by atoms with van der Waals surface area (Å²) in [4.78, 5) is 8.78. The SMILES string of the molecule is COc1cc2nc(C)nc(N[C@H](C)c3cc(F)cc(C(F)(F)F)c3F)c2cc1OC(C)[C@@H]1CCOC1. The van der Waals surface area contributed by atoms with E-state index in [1.807, 2.05) is 6.92 Å². The average Bonchev–Trinajstić information content (AvgIpc) is 3.34. The van der Waals surface area contributed by atoms with Gasteiger partial charge in [0.1, 0.15) is 29.4 Å². The summed E-state index contributed by atoms with van der Waals surface area (Å²) in [6.45, 7) is 6.24. The summed E-state index contributed by atoms with van der Waals surface area (Å²) in [5.41, 5.74) is -1.67. The Morgan fingerprint density at radius 2 is 1.83 bits per heavy atom. The lowest BCUT2D eigenvalue weighted by Gasteiger charge is -2.22. The molecule has 1 aromatic heterocycles. The number of aromatic nitrogens is 2. The number of anilines is 1. The monoisotopic (exact) mass is 511 g/mol. The van der Waals surface area contributed by atoms with Gasteiger partial charge in [-0.15, -0.1) is 0 Å². The van der Waals surface area contributed by atoms with Gasteiger partial charge in [-0.25, -0.2) is 18.7 Å². The fourth-order valence-electron chi connectivity index (χ4n) is 4.25. The highest BCUT2D eigenvalue weighted by atomic mass is 19.4. The molecule has 1 aliphatic rings. The number of methoxy groups -OCH3 is 1. The topological polar surface area (TPSA) is 65.5 Å². The Morgan fingerprint density at radius 3 is 2.47 bits per heavy atom. The minimum Gasteiger partial charge on any atom is -0.493 e. The molecule has 3 atom stereocenters. The van der Waals surface area contributed by atoms with Gasteiger partial charge < -0.3 is 19.5 Å². The van der Waals surface area contributed by atoms with Crippen LogP contribution >= 0.6 is 0 Å². The van der Waals surface area contributed by atoms with E-state index in [0.717, 1.165) is 12.5 Å². The molecule has 36 heavy (non-hydrogen) atoms. The molecule has 0 spiro atoms. The quantitative estimate of drug-likeness (QED) is 0.380. The minimum absolute atomic E-state index is 0.141. The maximum absolute atomic E-state index is 14.7. The molecule has 2 heterocycles. The Balaban J connectivity index is 1.73. The smallest absolute Gasteiger partial charge is 0.419 e. The first-order chi connectivity index (χ1) is 17.0. The van der Waals surface area contributed by atoms with Crippen LogP contribution in [0.5, 0.6) is 11.5 Å². The number of aryl methyl sites for hydroxylation is 1. The molecule has 0 radical (unpaired) electrons. The molecule has 1 saturated heterocycles. The number of hydrogen-bond acceptors (Lipinski definition) is 6. The first kappa shape index (κ1) is 25.9. The number of nitrogens with zero attached hydrogens (tertiary/aromatic N) is 2. The van der Waals surface area contributed by atoms with Crippen LogP contribution in [0.3, 0.4) is 0 Å². The van der Waals surface area contributed by atoms with Crippen LogP contribution in [0.2, 0.25) is 0 Å². The molecule has 1 aliphatic heterocycles. The summed E-state index contributed by atoms with van der Waals surface area (Å²) in [5, 5.41) is 3.40. The molecule has 2 aromatic carbocycles. The maximum Gasteiger partial charge on any atom is 0.419 e.